The van der Waals surface area contributed by atoms with Gasteiger partial charge in [0.05, 0.1) is 11.4 Å². The molecule has 2 atom stereocenters. The molecule has 156 valence electrons. The number of piperidine rings is 1. The molecule has 1 aromatic heterocycles. The Morgan fingerprint density at radius 2 is 1.76 bits per heavy atom. The maximum Gasteiger partial charge on any atom is 0.433 e. The lowest BCUT2D eigenvalue weighted by Crippen LogP contribution is -2.48. The predicted molar refractivity (Wildman–Crippen MR) is 103 cm³/mol. The highest BCUT2D eigenvalue weighted by molar-refractivity contribution is 7.99. The van der Waals surface area contributed by atoms with Crippen molar-refractivity contribution in [3.05, 3.63) is 41.8 Å². The van der Waals surface area contributed by atoms with Crippen molar-refractivity contribution in [1.29, 1.82) is 0 Å². The summed E-state index contributed by atoms with van der Waals surface area (Å²) in [6.07, 6.45) is -1.78. The summed E-state index contributed by atoms with van der Waals surface area (Å²) < 4.78 is 53.0. The Morgan fingerprint density at radius 1 is 1.14 bits per heavy atom. The topological polar surface area (TPSA) is 46.1 Å². The number of hydrogen-bond donors (Lipinski definition) is 0. The zero-order chi connectivity index (χ0) is 21.2. The molecule has 0 spiro atoms. The van der Waals surface area contributed by atoms with E-state index in [4.69, 9.17) is 0 Å². The molecule has 4 nitrogen and oxygen atoms in total. The highest BCUT2D eigenvalue weighted by atomic mass is 32.2. The number of aromatic nitrogens is 2. The van der Waals surface area contributed by atoms with Crippen LogP contribution in [0, 0.1) is 5.82 Å². The number of rotatable bonds is 4. The van der Waals surface area contributed by atoms with E-state index in [1.807, 2.05) is 13.8 Å². The summed E-state index contributed by atoms with van der Waals surface area (Å²) in [5, 5.41) is -0.134. The summed E-state index contributed by atoms with van der Waals surface area (Å²) in [5.74, 6) is -0.679. The molecule has 0 saturated carbocycles. The van der Waals surface area contributed by atoms with Gasteiger partial charge in [0, 0.05) is 17.6 Å². The van der Waals surface area contributed by atoms with Crippen molar-refractivity contribution >= 4 is 17.7 Å². The molecule has 0 bridgehead atoms. The predicted octanol–water partition coefficient (Wildman–Crippen LogP) is 5.18. The Labute approximate surface area is 170 Å². The minimum atomic E-state index is -4.66. The number of alkyl halides is 3. The summed E-state index contributed by atoms with van der Waals surface area (Å²) in [4.78, 5) is 22.2. The number of benzene rings is 1. The third-order valence-corrected chi connectivity index (χ3v) is 5.77. The number of carbonyl (C=O) groups is 1. The molecule has 1 aliphatic rings. The van der Waals surface area contributed by atoms with Crippen LogP contribution in [0.5, 0.6) is 0 Å². The van der Waals surface area contributed by atoms with Gasteiger partial charge in [0.15, 0.2) is 5.16 Å². The monoisotopic (exact) mass is 427 g/mol. The molecule has 0 radical (unpaired) electrons. The number of carbonyl (C=O) groups excluding carboxylic acids is 1. The van der Waals surface area contributed by atoms with Gasteiger partial charge in [-0.1, -0.05) is 11.8 Å². The molecule has 2 aromatic rings. The molecule has 9 heteroatoms. The van der Waals surface area contributed by atoms with E-state index in [1.54, 1.807) is 4.90 Å². The lowest BCUT2D eigenvalue weighted by molar-refractivity contribution is -0.141. The molecular weight excluding hydrogens is 406 g/mol. The number of thioether (sulfide) groups is 1. The second-order valence-electron chi connectivity index (χ2n) is 7.14. The van der Waals surface area contributed by atoms with Gasteiger partial charge in [0.1, 0.15) is 11.5 Å². The van der Waals surface area contributed by atoms with E-state index < -0.39 is 17.7 Å². The Kier molecular flexibility index (Phi) is 6.45. The average molecular weight is 427 g/mol. The van der Waals surface area contributed by atoms with Crippen LogP contribution in [0.4, 0.5) is 17.6 Å². The van der Waals surface area contributed by atoms with Crippen molar-refractivity contribution in [2.75, 3.05) is 5.75 Å². The fraction of sp³-hybridized carbons (Fsp3) is 0.450. The van der Waals surface area contributed by atoms with Gasteiger partial charge >= 0.3 is 6.18 Å². The number of nitrogens with zero attached hydrogens (tertiary/aromatic N) is 3. The first-order valence-electron chi connectivity index (χ1n) is 9.31. The molecule has 0 unspecified atom stereocenters. The number of hydrogen-bond acceptors (Lipinski definition) is 4. The molecule has 3 rings (SSSR count). The maximum absolute atomic E-state index is 13.3. The first kappa shape index (κ1) is 21.5. The minimum Gasteiger partial charge on any atom is -0.337 e. The molecule has 1 aromatic carbocycles. The fourth-order valence-electron chi connectivity index (χ4n) is 3.52. The molecule has 1 amide bonds. The van der Waals surface area contributed by atoms with E-state index in [0.717, 1.165) is 49.2 Å². The maximum atomic E-state index is 13.3. The Morgan fingerprint density at radius 3 is 2.34 bits per heavy atom. The Hall–Kier alpha value is -2.16. The molecule has 0 N–H and O–H groups in total. The molecule has 2 heterocycles. The van der Waals surface area contributed by atoms with E-state index in [9.17, 15) is 22.4 Å². The van der Waals surface area contributed by atoms with Gasteiger partial charge in [-0.15, -0.1) is 0 Å². The molecular formula is C20H21F4N3OS. The average Bonchev–Trinajstić information content (AvgIpc) is 2.66. The summed E-state index contributed by atoms with van der Waals surface area (Å²) in [6, 6.07) is 6.05. The van der Waals surface area contributed by atoms with Crippen LogP contribution in [0.15, 0.2) is 35.5 Å². The van der Waals surface area contributed by atoms with Crippen LogP contribution >= 0.6 is 11.8 Å². The third-order valence-electron chi connectivity index (χ3n) is 4.94. The van der Waals surface area contributed by atoms with Crippen molar-refractivity contribution in [1.82, 2.24) is 14.9 Å². The van der Waals surface area contributed by atoms with E-state index >= 15 is 0 Å². The summed E-state index contributed by atoms with van der Waals surface area (Å²) in [6.45, 7) is 3.96. The molecule has 1 saturated heterocycles. The van der Waals surface area contributed by atoms with Gasteiger partial charge in [-0.05, 0) is 63.4 Å². The van der Waals surface area contributed by atoms with Crippen molar-refractivity contribution in [3.63, 3.8) is 0 Å². The van der Waals surface area contributed by atoms with Crippen LogP contribution in [0.3, 0.4) is 0 Å². The van der Waals surface area contributed by atoms with Crippen molar-refractivity contribution < 1.29 is 22.4 Å². The quantitative estimate of drug-likeness (QED) is 0.383. The zero-order valence-electron chi connectivity index (χ0n) is 16.0. The van der Waals surface area contributed by atoms with Gasteiger partial charge in [-0.3, -0.25) is 4.79 Å². The largest absolute Gasteiger partial charge is 0.433 e. The van der Waals surface area contributed by atoms with Gasteiger partial charge in [0.2, 0.25) is 5.91 Å². The van der Waals surface area contributed by atoms with Gasteiger partial charge in [0.25, 0.3) is 0 Å². The number of amides is 1. The second-order valence-corrected chi connectivity index (χ2v) is 8.09. The van der Waals surface area contributed by atoms with Gasteiger partial charge in [-0.2, -0.15) is 13.2 Å². The van der Waals surface area contributed by atoms with E-state index in [-0.39, 0.29) is 34.6 Å². The van der Waals surface area contributed by atoms with Crippen LogP contribution in [-0.2, 0) is 11.0 Å². The molecule has 1 aliphatic heterocycles. The SMILES string of the molecule is C[C@H]1CCC[C@H](C)N1C(=O)CSc1nc(-c2ccc(F)cc2)cc(C(F)(F)F)n1. The minimum absolute atomic E-state index is 0.0296. The molecule has 0 aliphatic carbocycles. The van der Waals surface area contributed by atoms with Crippen LogP contribution in [0.25, 0.3) is 11.3 Å². The van der Waals surface area contributed by atoms with E-state index in [0.29, 0.717) is 5.56 Å². The Bertz CT molecular complexity index is 863. The first-order valence-corrected chi connectivity index (χ1v) is 10.3. The van der Waals surface area contributed by atoms with Gasteiger partial charge < -0.3 is 4.90 Å². The highest BCUT2D eigenvalue weighted by Crippen LogP contribution is 2.32. The third kappa shape index (κ3) is 5.26. The van der Waals surface area contributed by atoms with Gasteiger partial charge in [-0.25, -0.2) is 14.4 Å². The standard InChI is InChI=1S/C20H21F4N3OS/c1-12-4-3-5-13(2)27(12)18(28)11-29-19-25-16(10-17(26-19)20(22,23)24)14-6-8-15(21)9-7-14/h6-10,12-13H,3-5,11H2,1-2H3/t12-,13-/m0/s1. The van der Waals surface area contributed by atoms with E-state index in [2.05, 4.69) is 9.97 Å². The van der Waals surface area contributed by atoms with Crippen LogP contribution in [-0.4, -0.2) is 38.6 Å². The lowest BCUT2D eigenvalue weighted by atomic mass is 9.98. The smallest absolute Gasteiger partial charge is 0.337 e. The fourth-order valence-corrected chi connectivity index (χ4v) is 4.24. The summed E-state index contributed by atoms with van der Waals surface area (Å²) >= 11 is 0.881. The zero-order valence-corrected chi connectivity index (χ0v) is 16.9. The second kappa shape index (κ2) is 8.69. The first-order chi connectivity index (χ1) is 13.6. The van der Waals surface area contributed by atoms with Crippen LogP contribution in [0.1, 0.15) is 38.8 Å². The molecule has 1 fully saturated rings. The summed E-state index contributed by atoms with van der Waals surface area (Å²) in [7, 11) is 0. The van der Waals surface area contributed by atoms with Crippen molar-refractivity contribution in [2.24, 2.45) is 0 Å². The van der Waals surface area contributed by atoms with Crippen molar-refractivity contribution in [2.45, 2.75) is 56.5 Å². The van der Waals surface area contributed by atoms with Crippen LogP contribution < -0.4 is 0 Å². The number of halogens is 4. The van der Waals surface area contributed by atoms with Crippen LogP contribution in [0.2, 0.25) is 0 Å². The summed E-state index contributed by atoms with van der Waals surface area (Å²) in [5.41, 5.74) is -0.728. The lowest BCUT2D eigenvalue weighted by Gasteiger charge is -2.39. The van der Waals surface area contributed by atoms with Crippen molar-refractivity contribution in [3.8, 4) is 11.3 Å². The van der Waals surface area contributed by atoms with E-state index in [1.165, 1.54) is 12.1 Å². The number of likely N-dealkylation sites (tertiary alicyclic amines) is 1. The highest BCUT2D eigenvalue weighted by Gasteiger charge is 2.34. The normalized spacial score (nSPS) is 20.0. The molecule has 29 heavy (non-hydrogen) atoms. The Balaban J connectivity index is 1.83.